The molecule has 7 heteroatoms. The number of carboxylic acid groups (broad SMARTS) is 1. The molecule has 1 rings (SSSR count). The van der Waals surface area contributed by atoms with Crippen LogP contribution in [0.5, 0.6) is 0 Å². The summed E-state index contributed by atoms with van der Waals surface area (Å²) in [4.78, 5) is 22.7. The number of rotatable bonds is 5. The molecule has 0 aliphatic carbocycles. The number of anilines is 1. The Morgan fingerprint density at radius 2 is 2.06 bits per heavy atom. The normalized spacial score (nSPS) is 10.2. The third-order valence-corrected chi connectivity index (χ3v) is 3.19. The van der Waals surface area contributed by atoms with Gasteiger partial charge < -0.3 is 20.3 Å². The number of thiophene rings is 1. The molecule has 0 fully saturated rings. The van der Waals surface area contributed by atoms with Crippen molar-refractivity contribution in [1.82, 2.24) is 0 Å². The van der Waals surface area contributed by atoms with Crippen molar-refractivity contribution < 1.29 is 24.2 Å². The molecule has 0 spiro atoms. The molecular formula is C10H13NO5S. The van der Waals surface area contributed by atoms with Crippen molar-refractivity contribution in [1.29, 1.82) is 0 Å². The molecule has 0 unspecified atom stereocenters. The van der Waals surface area contributed by atoms with Gasteiger partial charge in [0.15, 0.2) is 0 Å². The highest BCUT2D eigenvalue weighted by Crippen LogP contribution is 2.30. The van der Waals surface area contributed by atoms with Crippen LogP contribution in [0.1, 0.15) is 25.6 Å². The van der Waals surface area contributed by atoms with E-state index in [4.69, 9.17) is 20.3 Å². The maximum atomic E-state index is 11.6. The second-order valence-corrected chi connectivity index (χ2v) is 4.28. The quantitative estimate of drug-likeness (QED) is 0.607. The number of esters is 1. The van der Waals surface area contributed by atoms with Crippen molar-refractivity contribution in [2.24, 2.45) is 0 Å². The number of nitrogen functional groups attached to an aromatic ring is 1. The molecule has 0 saturated heterocycles. The second kappa shape index (κ2) is 5.65. The molecule has 3 N–H and O–H groups in total. The molecule has 94 valence electrons. The molecule has 0 aliphatic rings. The lowest BCUT2D eigenvalue weighted by molar-refractivity contribution is 0.0393. The van der Waals surface area contributed by atoms with E-state index in [2.05, 4.69) is 0 Å². The minimum absolute atomic E-state index is 0.0336. The third-order valence-electron chi connectivity index (χ3n) is 2.09. The maximum Gasteiger partial charge on any atom is 0.348 e. The summed E-state index contributed by atoms with van der Waals surface area (Å²) in [6, 6.07) is 0. The van der Waals surface area contributed by atoms with Gasteiger partial charge in [0.05, 0.1) is 12.2 Å². The Bertz CT molecular complexity index is 440. The number of hydrogen-bond acceptors (Lipinski definition) is 6. The van der Waals surface area contributed by atoms with Gasteiger partial charge in [0.2, 0.25) is 0 Å². The van der Waals surface area contributed by atoms with Crippen LogP contribution in [0.2, 0.25) is 0 Å². The third kappa shape index (κ3) is 2.95. The number of aromatic carboxylic acids is 1. The fraction of sp³-hybridized carbons (Fsp3) is 0.400. The number of carboxylic acids is 1. The zero-order valence-corrected chi connectivity index (χ0v) is 10.3. The molecule has 0 amide bonds. The Morgan fingerprint density at radius 1 is 1.41 bits per heavy atom. The molecule has 0 saturated carbocycles. The molecule has 0 aromatic carbocycles. The monoisotopic (exact) mass is 259 g/mol. The summed E-state index contributed by atoms with van der Waals surface area (Å²) in [5.74, 6) is -1.73. The average molecular weight is 259 g/mol. The Kier molecular flexibility index (Phi) is 4.47. The summed E-state index contributed by atoms with van der Waals surface area (Å²) in [5, 5.41) is 9.02. The number of carbonyl (C=O) groups excluding carboxylic acids is 1. The van der Waals surface area contributed by atoms with Crippen molar-refractivity contribution >= 4 is 28.3 Å². The van der Waals surface area contributed by atoms with E-state index in [-0.39, 0.29) is 28.7 Å². The predicted molar refractivity (Wildman–Crippen MR) is 62.6 cm³/mol. The Balaban J connectivity index is 2.88. The van der Waals surface area contributed by atoms with Gasteiger partial charge in [-0.2, -0.15) is 0 Å². The van der Waals surface area contributed by atoms with Gasteiger partial charge in [-0.05, 0) is 12.5 Å². The zero-order valence-electron chi connectivity index (χ0n) is 9.48. The predicted octanol–water partition coefficient (Wildman–Crippen LogP) is 1.14. The Morgan fingerprint density at radius 3 is 2.53 bits per heavy atom. The van der Waals surface area contributed by atoms with E-state index in [0.29, 0.717) is 5.56 Å². The van der Waals surface area contributed by atoms with E-state index in [1.807, 2.05) is 0 Å². The molecule has 0 bridgehead atoms. The van der Waals surface area contributed by atoms with Crippen LogP contribution in [-0.2, 0) is 9.47 Å². The van der Waals surface area contributed by atoms with Gasteiger partial charge in [0, 0.05) is 7.11 Å². The summed E-state index contributed by atoms with van der Waals surface area (Å²) >= 11 is 0.917. The average Bonchev–Trinajstić information content (AvgIpc) is 2.54. The van der Waals surface area contributed by atoms with Crippen LogP contribution >= 0.6 is 11.3 Å². The topological polar surface area (TPSA) is 98.9 Å². The molecule has 0 aliphatic heterocycles. The Labute approximate surface area is 102 Å². The van der Waals surface area contributed by atoms with E-state index >= 15 is 0 Å². The molecule has 17 heavy (non-hydrogen) atoms. The number of carbonyl (C=O) groups is 2. The maximum absolute atomic E-state index is 11.6. The van der Waals surface area contributed by atoms with Crippen LogP contribution < -0.4 is 5.73 Å². The molecule has 1 aromatic heterocycles. The van der Waals surface area contributed by atoms with Crippen molar-refractivity contribution in [3.05, 3.63) is 16.0 Å². The first-order chi connectivity index (χ1) is 7.99. The molecule has 1 heterocycles. The summed E-state index contributed by atoms with van der Waals surface area (Å²) in [6.45, 7) is 1.94. The zero-order chi connectivity index (χ0) is 13.0. The van der Waals surface area contributed by atoms with Crippen molar-refractivity contribution in [2.75, 3.05) is 26.1 Å². The first-order valence-electron chi connectivity index (χ1n) is 4.77. The highest BCUT2D eigenvalue weighted by molar-refractivity contribution is 7.18. The lowest BCUT2D eigenvalue weighted by Crippen LogP contribution is -2.10. The van der Waals surface area contributed by atoms with Gasteiger partial charge in [-0.1, -0.05) is 0 Å². The van der Waals surface area contributed by atoms with Gasteiger partial charge in [-0.15, -0.1) is 11.3 Å². The molecular weight excluding hydrogens is 246 g/mol. The van der Waals surface area contributed by atoms with Crippen LogP contribution in [0.15, 0.2) is 0 Å². The second-order valence-electron chi connectivity index (χ2n) is 3.23. The lowest BCUT2D eigenvalue weighted by Gasteiger charge is -2.02. The molecule has 6 nitrogen and oxygen atoms in total. The van der Waals surface area contributed by atoms with E-state index in [0.717, 1.165) is 11.3 Å². The smallest absolute Gasteiger partial charge is 0.348 e. The van der Waals surface area contributed by atoms with E-state index < -0.39 is 11.9 Å². The summed E-state index contributed by atoms with van der Waals surface area (Å²) in [7, 11) is 1.49. The van der Waals surface area contributed by atoms with Crippen LogP contribution in [0.25, 0.3) is 0 Å². The first-order valence-corrected chi connectivity index (χ1v) is 5.58. The van der Waals surface area contributed by atoms with E-state index in [1.54, 1.807) is 0 Å². The van der Waals surface area contributed by atoms with Crippen LogP contribution in [-0.4, -0.2) is 37.4 Å². The summed E-state index contributed by atoms with van der Waals surface area (Å²) < 4.78 is 9.63. The minimum atomic E-state index is -1.15. The lowest BCUT2D eigenvalue weighted by atomic mass is 10.1. The number of hydrogen-bond donors (Lipinski definition) is 2. The molecule has 1 aromatic rings. The van der Waals surface area contributed by atoms with Gasteiger partial charge in [-0.3, -0.25) is 0 Å². The highest BCUT2D eigenvalue weighted by atomic mass is 32.1. The molecule has 0 atom stereocenters. The van der Waals surface area contributed by atoms with Crippen LogP contribution in [0.4, 0.5) is 5.00 Å². The standard InChI is InChI=1S/C10H13NO5S/c1-5-6(9(12)13)8(11)17-7(5)10(14)16-4-3-15-2/h3-4,11H2,1-2H3,(H,12,13). The van der Waals surface area contributed by atoms with Crippen LogP contribution in [0.3, 0.4) is 0 Å². The van der Waals surface area contributed by atoms with Gasteiger partial charge >= 0.3 is 11.9 Å². The summed E-state index contributed by atoms with van der Waals surface area (Å²) in [5.41, 5.74) is 5.84. The number of ether oxygens (including phenoxy) is 2. The van der Waals surface area contributed by atoms with Crippen molar-refractivity contribution in [3.63, 3.8) is 0 Å². The molecule has 0 radical (unpaired) electrons. The van der Waals surface area contributed by atoms with Gasteiger partial charge in [0.1, 0.15) is 16.5 Å². The SMILES string of the molecule is COCCOC(=O)c1sc(N)c(C(=O)O)c1C. The van der Waals surface area contributed by atoms with Crippen LogP contribution in [0, 0.1) is 6.92 Å². The fourth-order valence-electron chi connectivity index (χ4n) is 1.28. The number of methoxy groups -OCH3 is 1. The Hall–Kier alpha value is -1.60. The van der Waals surface area contributed by atoms with E-state index in [1.165, 1.54) is 14.0 Å². The van der Waals surface area contributed by atoms with Gasteiger partial charge in [0.25, 0.3) is 0 Å². The fourth-order valence-corrected chi connectivity index (χ4v) is 2.24. The van der Waals surface area contributed by atoms with Crippen molar-refractivity contribution in [3.8, 4) is 0 Å². The largest absolute Gasteiger partial charge is 0.478 e. The van der Waals surface area contributed by atoms with E-state index in [9.17, 15) is 9.59 Å². The summed E-state index contributed by atoms with van der Waals surface area (Å²) in [6.07, 6.45) is 0. The van der Waals surface area contributed by atoms with Gasteiger partial charge in [-0.25, -0.2) is 9.59 Å². The first kappa shape index (κ1) is 13.5. The minimum Gasteiger partial charge on any atom is -0.478 e. The van der Waals surface area contributed by atoms with Crippen molar-refractivity contribution in [2.45, 2.75) is 6.92 Å². The highest BCUT2D eigenvalue weighted by Gasteiger charge is 2.23. The number of nitrogens with two attached hydrogens (primary N) is 1.